The summed E-state index contributed by atoms with van der Waals surface area (Å²) in [6.07, 6.45) is 0.478. The number of benzene rings is 1. The molecule has 0 spiro atoms. The van der Waals surface area contributed by atoms with Crippen molar-refractivity contribution in [3.05, 3.63) is 42.7 Å². The van der Waals surface area contributed by atoms with E-state index in [2.05, 4.69) is 6.58 Å². The molecule has 1 unspecified atom stereocenters. The van der Waals surface area contributed by atoms with Crippen molar-refractivity contribution in [2.24, 2.45) is 0 Å². The fourth-order valence-corrected chi connectivity index (χ4v) is 1.83. The summed E-state index contributed by atoms with van der Waals surface area (Å²) >= 11 is 0. The maximum absolute atomic E-state index is 11.8. The Morgan fingerprint density at radius 2 is 2.08 bits per heavy atom. The average Bonchev–Trinajstić information content (AvgIpc) is 2.19. The average molecular weight is 196 g/mol. The number of para-hydroxylation sites is 1. The maximum atomic E-state index is 11.8. The summed E-state index contributed by atoms with van der Waals surface area (Å²) in [7, 11) is -2.64. The highest BCUT2D eigenvalue weighted by atomic mass is 31.2. The van der Waals surface area contributed by atoms with Crippen LogP contribution in [0.4, 0.5) is 0 Å². The first-order chi connectivity index (χ1) is 6.20. The first kappa shape index (κ1) is 10.1. The second-order valence-corrected chi connectivity index (χ2v) is 5.26. The van der Waals surface area contributed by atoms with E-state index >= 15 is 0 Å². The van der Waals surface area contributed by atoms with Crippen molar-refractivity contribution in [1.29, 1.82) is 0 Å². The van der Waals surface area contributed by atoms with Crippen LogP contribution in [0.1, 0.15) is 6.92 Å². The molecule has 0 aliphatic rings. The largest absolute Gasteiger partial charge is 0.440 e. The van der Waals surface area contributed by atoms with E-state index < -0.39 is 7.37 Å². The molecular weight excluding hydrogens is 183 g/mol. The van der Waals surface area contributed by atoms with Gasteiger partial charge in [-0.3, -0.25) is 4.57 Å². The minimum Gasteiger partial charge on any atom is -0.440 e. The highest BCUT2D eigenvalue weighted by molar-refractivity contribution is 7.62. The van der Waals surface area contributed by atoms with Gasteiger partial charge in [0.1, 0.15) is 5.75 Å². The van der Waals surface area contributed by atoms with Crippen LogP contribution >= 0.6 is 7.37 Å². The lowest BCUT2D eigenvalue weighted by Crippen LogP contribution is -1.91. The van der Waals surface area contributed by atoms with Crippen molar-refractivity contribution < 1.29 is 9.09 Å². The van der Waals surface area contributed by atoms with Gasteiger partial charge in [0.05, 0.1) is 0 Å². The monoisotopic (exact) mass is 196 g/mol. The second kappa shape index (κ2) is 4.29. The molecule has 0 saturated heterocycles. The van der Waals surface area contributed by atoms with E-state index in [1.54, 1.807) is 12.1 Å². The molecule has 0 amide bonds. The first-order valence-electron chi connectivity index (χ1n) is 4.17. The van der Waals surface area contributed by atoms with Crippen molar-refractivity contribution in [3.63, 3.8) is 0 Å². The summed E-state index contributed by atoms with van der Waals surface area (Å²) in [5.74, 6) is 2.03. The Balaban J connectivity index is 2.80. The van der Waals surface area contributed by atoms with Crippen LogP contribution in [0.3, 0.4) is 0 Å². The molecule has 3 heteroatoms. The summed E-state index contributed by atoms with van der Waals surface area (Å²) in [5.41, 5.74) is 0. The molecule has 1 aromatic rings. The lowest BCUT2D eigenvalue weighted by molar-refractivity contribution is 0.493. The second-order valence-electron chi connectivity index (χ2n) is 2.63. The van der Waals surface area contributed by atoms with Crippen LogP contribution in [0.5, 0.6) is 5.75 Å². The molecule has 0 heterocycles. The summed E-state index contributed by atoms with van der Waals surface area (Å²) < 4.78 is 17.1. The molecule has 2 nitrogen and oxygen atoms in total. The zero-order valence-corrected chi connectivity index (χ0v) is 8.54. The molecular formula is C10H13O2P. The molecule has 0 saturated carbocycles. The van der Waals surface area contributed by atoms with Crippen LogP contribution in [0, 0.1) is 0 Å². The van der Waals surface area contributed by atoms with Gasteiger partial charge in [-0.1, -0.05) is 31.7 Å². The minimum atomic E-state index is -2.64. The van der Waals surface area contributed by atoms with Crippen LogP contribution in [-0.2, 0) is 4.57 Å². The van der Waals surface area contributed by atoms with Crippen LogP contribution in [-0.4, -0.2) is 6.16 Å². The fraction of sp³-hybridized carbons (Fsp3) is 0.200. The number of rotatable bonds is 4. The van der Waals surface area contributed by atoms with Gasteiger partial charge < -0.3 is 4.52 Å². The van der Waals surface area contributed by atoms with Crippen LogP contribution in [0.2, 0.25) is 0 Å². The number of hydrogen-bond donors (Lipinski definition) is 0. The summed E-state index contributed by atoms with van der Waals surface area (Å²) in [5, 5.41) is 0. The maximum Gasteiger partial charge on any atom is 0.269 e. The van der Waals surface area contributed by atoms with Gasteiger partial charge in [0, 0.05) is 12.0 Å². The van der Waals surface area contributed by atoms with Crippen molar-refractivity contribution in [1.82, 2.24) is 0 Å². The van der Waals surface area contributed by atoms with Crippen molar-refractivity contribution >= 4 is 7.37 Å². The van der Waals surface area contributed by atoms with Gasteiger partial charge in [-0.05, 0) is 12.1 Å². The van der Waals surface area contributed by atoms with E-state index in [4.69, 9.17) is 4.52 Å². The molecule has 1 atom stereocenters. The van der Waals surface area contributed by atoms with Crippen LogP contribution in [0.25, 0.3) is 0 Å². The van der Waals surface area contributed by atoms with Crippen molar-refractivity contribution in [2.45, 2.75) is 6.92 Å². The first-order valence-corrected chi connectivity index (χ1v) is 6.05. The Kier molecular flexibility index (Phi) is 3.32. The molecule has 1 aromatic carbocycles. The standard InChI is InChI=1S/C10H13O2P/c1-3-13(11,4-2)12-10-8-6-5-7-9-10/h3,5-9H,1,4H2,2H3. The van der Waals surface area contributed by atoms with Gasteiger partial charge >= 0.3 is 0 Å². The highest BCUT2D eigenvalue weighted by Gasteiger charge is 2.16. The molecule has 0 radical (unpaired) electrons. The fourth-order valence-electron chi connectivity index (χ4n) is 0.891. The van der Waals surface area contributed by atoms with E-state index in [9.17, 15) is 4.57 Å². The smallest absolute Gasteiger partial charge is 0.269 e. The van der Waals surface area contributed by atoms with Gasteiger partial charge in [0.15, 0.2) is 0 Å². The van der Waals surface area contributed by atoms with Gasteiger partial charge in [0.25, 0.3) is 7.37 Å². The quantitative estimate of drug-likeness (QED) is 0.689. The topological polar surface area (TPSA) is 26.3 Å². The zero-order chi connectivity index (χ0) is 9.73. The Morgan fingerprint density at radius 1 is 1.46 bits per heavy atom. The van der Waals surface area contributed by atoms with Gasteiger partial charge in [-0.2, -0.15) is 0 Å². The molecule has 0 bridgehead atoms. The predicted octanol–water partition coefficient (Wildman–Crippen LogP) is 3.51. The highest BCUT2D eigenvalue weighted by Crippen LogP contribution is 2.47. The van der Waals surface area contributed by atoms with Crippen molar-refractivity contribution in [2.75, 3.05) is 6.16 Å². The SMILES string of the molecule is C=CP(=O)(CC)Oc1ccccc1. The normalized spacial score (nSPS) is 14.5. The summed E-state index contributed by atoms with van der Waals surface area (Å²) in [6, 6.07) is 9.14. The third-order valence-electron chi connectivity index (χ3n) is 1.72. The van der Waals surface area contributed by atoms with E-state index in [1.807, 2.05) is 25.1 Å². The minimum absolute atomic E-state index is 0.478. The molecule has 13 heavy (non-hydrogen) atoms. The van der Waals surface area contributed by atoms with Gasteiger partial charge in [0.2, 0.25) is 0 Å². The molecule has 0 aliphatic heterocycles. The lowest BCUT2D eigenvalue weighted by atomic mass is 10.3. The Bertz CT molecular complexity index is 319. The van der Waals surface area contributed by atoms with Crippen LogP contribution < -0.4 is 4.52 Å². The third kappa shape index (κ3) is 2.74. The predicted molar refractivity (Wildman–Crippen MR) is 55.4 cm³/mol. The molecule has 0 fully saturated rings. The molecule has 0 N–H and O–H groups in total. The molecule has 70 valence electrons. The van der Waals surface area contributed by atoms with Crippen molar-refractivity contribution in [3.8, 4) is 5.75 Å². The molecule has 1 rings (SSSR count). The number of hydrogen-bond acceptors (Lipinski definition) is 2. The summed E-state index contributed by atoms with van der Waals surface area (Å²) in [6.45, 7) is 5.34. The van der Waals surface area contributed by atoms with E-state index in [1.165, 1.54) is 5.82 Å². The van der Waals surface area contributed by atoms with Gasteiger partial charge in [-0.15, -0.1) is 0 Å². The van der Waals surface area contributed by atoms with E-state index in [0.29, 0.717) is 11.9 Å². The zero-order valence-electron chi connectivity index (χ0n) is 7.64. The van der Waals surface area contributed by atoms with E-state index in [-0.39, 0.29) is 0 Å². The van der Waals surface area contributed by atoms with Crippen LogP contribution in [0.15, 0.2) is 42.7 Å². The van der Waals surface area contributed by atoms with Gasteiger partial charge in [-0.25, -0.2) is 0 Å². The third-order valence-corrected chi connectivity index (χ3v) is 3.68. The summed E-state index contributed by atoms with van der Waals surface area (Å²) in [4.78, 5) is 0. The molecule has 0 aromatic heterocycles. The Labute approximate surface area is 78.7 Å². The Hall–Kier alpha value is -1.01. The molecule has 0 aliphatic carbocycles. The Morgan fingerprint density at radius 3 is 2.54 bits per heavy atom. The lowest BCUT2D eigenvalue weighted by Gasteiger charge is -2.13. The van der Waals surface area contributed by atoms with E-state index in [0.717, 1.165) is 0 Å².